The molecule has 0 aliphatic carbocycles. The maximum atomic E-state index is 11.6. The SMILES string of the molecule is O=C(CNCc1ccco1)NCCN1CCOCC1. The molecule has 2 N–H and O–H groups in total. The van der Waals surface area contributed by atoms with Crippen LogP contribution in [0.4, 0.5) is 0 Å². The molecule has 0 atom stereocenters. The first-order valence-corrected chi connectivity index (χ1v) is 6.64. The number of rotatable bonds is 7. The number of carbonyl (C=O) groups is 1. The Morgan fingerprint density at radius 1 is 1.37 bits per heavy atom. The summed E-state index contributed by atoms with van der Waals surface area (Å²) < 4.78 is 10.4. The van der Waals surface area contributed by atoms with E-state index in [1.54, 1.807) is 6.26 Å². The molecule has 0 unspecified atom stereocenters. The van der Waals surface area contributed by atoms with Crippen LogP contribution in [-0.4, -0.2) is 56.7 Å². The minimum absolute atomic E-state index is 0.0137. The van der Waals surface area contributed by atoms with Crippen LogP contribution in [-0.2, 0) is 16.1 Å². The molecule has 6 nitrogen and oxygen atoms in total. The van der Waals surface area contributed by atoms with Crippen LogP contribution in [0.2, 0.25) is 0 Å². The summed E-state index contributed by atoms with van der Waals surface area (Å²) in [6, 6.07) is 3.71. The zero-order valence-electron chi connectivity index (χ0n) is 11.1. The van der Waals surface area contributed by atoms with Gasteiger partial charge in [-0.05, 0) is 12.1 Å². The van der Waals surface area contributed by atoms with Crippen LogP contribution < -0.4 is 10.6 Å². The minimum atomic E-state index is 0.0137. The molecule has 1 aromatic rings. The molecule has 1 aliphatic heterocycles. The number of hydrogen-bond acceptors (Lipinski definition) is 5. The van der Waals surface area contributed by atoms with Crippen LogP contribution in [0, 0.1) is 0 Å². The summed E-state index contributed by atoms with van der Waals surface area (Å²) in [5.41, 5.74) is 0. The molecule has 2 rings (SSSR count). The zero-order valence-corrected chi connectivity index (χ0v) is 11.1. The highest BCUT2D eigenvalue weighted by Crippen LogP contribution is 1.98. The molecule has 1 aliphatic rings. The second kappa shape index (κ2) is 7.93. The average molecular weight is 267 g/mol. The number of carbonyl (C=O) groups excluding carboxylic acids is 1. The lowest BCUT2D eigenvalue weighted by Crippen LogP contribution is -2.42. The number of morpholine rings is 1. The van der Waals surface area contributed by atoms with Gasteiger partial charge >= 0.3 is 0 Å². The van der Waals surface area contributed by atoms with E-state index in [1.807, 2.05) is 12.1 Å². The van der Waals surface area contributed by atoms with E-state index in [0.29, 0.717) is 19.6 Å². The highest BCUT2D eigenvalue weighted by Gasteiger charge is 2.09. The summed E-state index contributed by atoms with van der Waals surface area (Å²) in [5.74, 6) is 0.848. The average Bonchev–Trinajstić information content (AvgIpc) is 2.93. The van der Waals surface area contributed by atoms with Crippen molar-refractivity contribution in [3.63, 3.8) is 0 Å². The van der Waals surface area contributed by atoms with Gasteiger partial charge in [0, 0.05) is 26.2 Å². The number of furan rings is 1. The van der Waals surface area contributed by atoms with Gasteiger partial charge in [-0.2, -0.15) is 0 Å². The highest BCUT2D eigenvalue weighted by atomic mass is 16.5. The topological polar surface area (TPSA) is 66.7 Å². The van der Waals surface area contributed by atoms with Gasteiger partial charge in [0.1, 0.15) is 5.76 Å². The summed E-state index contributed by atoms with van der Waals surface area (Å²) in [4.78, 5) is 13.9. The van der Waals surface area contributed by atoms with E-state index >= 15 is 0 Å². The van der Waals surface area contributed by atoms with Crippen molar-refractivity contribution < 1.29 is 13.9 Å². The van der Waals surface area contributed by atoms with Crippen molar-refractivity contribution in [2.24, 2.45) is 0 Å². The Bertz CT molecular complexity index is 361. The summed E-state index contributed by atoms with van der Waals surface area (Å²) in [6.45, 7) is 5.93. The fraction of sp³-hybridized carbons (Fsp3) is 0.615. The van der Waals surface area contributed by atoms with Crippen molar-refractivity contribution in [3.05, 3.63) is 24.2 Å². The summed E-state index contributed by atoms with van der Waals surface area (Å²) in [6.07, 6.45) is 1.62. The Balaban J connectivity index is 1.49. The van der Waals surface area contributed by atoms with Gasteiger partial charge < -0.3 is 19.8 Å². The Labute approximate surface area is 113 Å². The van der Waals surface area contributed by atoms with Crippen molar-refractivity contribution in [1.82, 2.24) is 15.5 Å². The van der Waals surface area contributed by atoms with Crippen molar-refractivity contribution in [2.45, 2.75) is 6.54 Å². The Kier molecular flexibility index (Phi) is 5.87. The van der Waals surface area contributed by atoms with Gasteiger partial charge in [0.05, 0.1) is 32.6 Å². The third-order valence-electron chi connectivity index (χ3n) is 3.02. The van der Waals surface area contributed by atoms with Crippen LogP contribution in [0.15, 0.2) is 22.8 Å². The highest BCUT2D eigenvalue weighted by molar-refractivity contribution is 5.77. The zero-order chi connectivity index (χ0) is 13.3. The van der Waals surface area contributed by atoms with Crippen LogP contribution >= 0.6 is 0 Å². The molecule has 0 spiro atoms. The quantitative estimate of drug-likeness (QED) is 0.717. The molecule has 106 valence electrons. The van der Waals surface area contributed by atoms with E-state index in [2.05, 4.69) is 15.5 Å². The summed E-state index contributed by atoms with van der Waals surface area (Å²) in [5, 5.41) is 5.93. The van der Waals surface area contributed by atoms with Crippen molar-refractivity contribution in [2.75, 3.05) is 45.9 Å². The predicted octanol–water partition coefficient (Wildman–Crippen LogP) is -0.182. The van der Waals surface area contributed by atoms with Crippen molar-refractivity contribution in [3.8, 4) is 0 Å². The standard InChI is InChI=1S/C13H21N3O3/c17-13(11-14-10-12-2-1-7-19-12)15-3-4-16-5-8-18-9-6-16/h1-2,7,14H,3-6,8-11H2,(H,15,17). The smallest absolute Gasteiger partial charge is 0.234 e. The maximum absolute atomic E-state index is 11.6. The molecule has 1 saturated heterocycles. The van der Waals surface area contributed by atoms with Crippen LogP contribution in [0.1, 0.15) is 5.76 Å². The number of ether oxygens (including phenoxy) is 1. The molecule has 0 radical (unpaired) electrons. The second-order valence-corrected chi connectivity index (χ2v) is 4.49. The third kappa shape index (κ3) is 5.42. The molecule has 1 fully saturated rings. The van der Waals surface area contributed by atoms with E-state index in [0.717, 1.165) is 38.6 Å². The fourth-order valence-corrected chi connectivity index (χ4v) is 1.95. The number of nitrogens with zero attached hydrogens (tertiary/aromatic N) is 1. The number of hydrogen-bond donors (Lipinski definition) is 2. The van der Waals surface area contributed by atoms with Gasteiger partial charge in [-0.25, -0.2) is 0 Å². The van der Waals surface area contributed by atoms with Gasteiger partial charge in [0.2, 0.25) is 5.91 Å². The summed E-state index contributed by atoms with van der Waals surface area (Å²) in [7, 11) is 0. The van der Waals surface area contributed by atoms with Gasteiger partial charge in [-0.1, -0.05) is 0 Å². The van der Waals surface area contributed by atoms with Crippen molar-refractivity contribution in [1.29, 1.82) is 0 Å². The molecule has 2 heterocycles. The molecular weight excluding hydrogens is 246 g/mol. The fourth-order valence-electron chi connectivity index (χ4n) is 1.95. The van der Waals surface area contributed by atoms with E-state index in [-0.39, 0.29) is 5.91 Å². The molecule has 0 aromatic carbocycles. The lowest BCUT2D eigenvalue weighted by Gasteiger charge is -2.26. The van der Waals surface area contributed by atoms with E-state index in [9.17, 15) is 4.79 Å². The molecule has 0 bridgehead atoms. The largest absolute Gasteiger partial charge is 0.468 e. The Hall–Kier alpha value is -1.37. The van der Waals surface area contributed by atoms with Gasteiger partial charge in [0.25, 0.3) is 0 Å². The minimum Gasteiger partial charge on any atom is -0.468 e. The first-order valence-electron chi connectivity index (χ1n) is 6.64. The number of amides is 1. The molecule has 1 aromatic heterocycles. The molecule has 0 saturated carbocycles. The molecule has 6 heteroatoms. The monoisotopic (exact) mass is 267 g/mol. The predicted molar refractivity (Wildman–Crippen MR) is 70.7 cm³/mol. The summed E-state index contributed by atoms with van der Waals surface area (Å²) >= 11 is 0. The number of nitrogens with one attached hydrogen (secondary N) is 2. The Morgan fingerprint density at radius 2 is 2.21 bits per heavy atom. The molecule has 1 amide bonds. The van der Waals surface area contributed by atoms with E-state index in [1.165, 1.54) is 0 Å². The van der Waals surface area contributed by atoms with Crippen LogP contribution in [0.3, 0.4) is 0 Å². The van der Waals surface area contributed by atoms with E-state index in [4.69, 9.17) is 9.15 Å². The van der Waals surface area contributed by atoms with Gasteiger partial charge in [-0.15, -0.1) is 0 Å². The van der Waals surface area contributed by atoms with E-state index < -0.39 is 0 Å². The van der Waals surface area contributed by atoms with Crippen LogP contribution in [0.25, 0.3) is 0 Å². The molecule has 19 heavy (non-hydrogen) atoms. The van der Waals surface area contributed by atoms with Crippen LogP contribution in [0.5, 0.6) is 0 Å². The van der Waals surface area contributed by atoms with Crippen molar-refractivity contribution >= 4 is 5.91 Å². The maximum Gasteiger partial charge on any atom is 0.234 e. The first kappa shape index (κ1) is 14.0. The lowest BCUT2D eigenvalue weighted by atomic mass is 10.4. The third-order valence-corrected chi connectivity index (χ3v) is 3.02. The normalized spacial score (nSPS) is 16.4. The van der Waals surface area contributed by atoms with Gasteiger partial charge in [-0.3, -0.25) is 9.69 Å². The Morgan fingerprint density at radius 3 is 2.95 bits per heavy atom. The lowest BCUT2D eigenvalue weighted by molar-refractivity contribution is -0.120. The molecular formula is C13H21N3O3. The first-order chi connectivity index (χ1) is 9.34. The second-order valence-electron chi connectivity index (χ2n) is 4.49. The van der Waals surface area contributed by atoms with Gasteiger partial charge in [0.15, 0.2) is 0 Å².